The number of aryl methyl sites for hydroxylation is 1. The van der Waals surface area contributed by atoms with E-state index in [0.29, 0.717) is 35.3 Å². The third-order valence-corrected chi connectivity index (χ3v) is 4.57. The summed E-state index contributed by atoms with van der Waals surface area (Å²) in [5.74, 6) is 0.891. The SMILES string of the molecule is CCOc1cc(C=NNC(=O)c2ccc(C)cc2Cl)ccc1OCc1ccccc1. The normalized spacial score (nSPS) is 10.8. The molecule has 0 aliphatic heterocycles. The summed E-state index contributed by atoms with van der Waals surface area (Å²) in [7, 11) is 0. The van der Waals surface area contributed by atoms with Crippen LogP contribution in [0.15, 0.2) is 71.8 Å². The zero-order valence-electron chi connectivity index (χ0n) is 16.9. The molecule has 0 atom stereocenters. The van der Waals surface area contributed by atoms with Gasteiger partial charge in [-0.05, 0) is 60.9 Å². The molecule has 0 aromatic heterocycles. The number of amides is 1. The minimum absolute atomic E-state index is 0.371. The number of nitrogens with zero attached hydrogens (tertiary/aromatic N) is 1. The van der Waals surface area contributed by atoms with Crippen molar-refractivity contribution in [1.29, 1.82) is 0 Å². The molecule has 0 fully saturated rings. The molecule has 1 amide bonds. The van der Waals surface area contributed by atoms with Crippen LogP contribution in [0.25, 0.3) is 0 Å². The lowest BCUT2D eigenvalue weighted by molar-refractivity contribution is 0.0955. The summed E-state index contributed by atoms with van der Waals surface area (Å²) in [5, 5.41) is 4.42. The van der Waals surface area contributed by atoms with E-state index in [4.69, 9.17) is 21.1 Å². The van der Waals surface area contributed by atoms with Crippen LogP contribution in [0, 0.1) is 6.92 Å². The Morgan fingerprint density at radius 2 is 1.83 bits per heavy atom. The summed E-state index contributed by atoms with van der Waals surface area (Å²) in [6.07, 6.45) is 1.55. The Morgan fingerprint density at radius 1 is 1.03 bits per heavy atom. The van der Waals surface area contributed by atoms with Crippen LogP contribution in [0.4, 0.5) is 0 Å². The van der Waals surface area contributed by atoms with Gasteiger partial charge in [-0.1, -0.05) is 48.0 Å². The highest BCUT2D eigenvalue weighted by atomic mass is 35.5. The van der Waals surface area contributed by atoms with Crippen molar-refractivity contribution >= 4 is 23.7 Å². The minimum Gasteiger partial charge on any atom is -0.490 e. The summed E-state index contributed by atoms with van der Waals surface area (Å²) >= 11 is 6.12. The van der Waals surface area contributed by atoms with Crippen molar-refractivity contribution in [3.05, 3.63) is 94.0 Å². The predicted octanol–water partition coefficient (Wildman–Crippen LogP) is 5.39. The molecule has 1 N–H and O–H groups in total. The summed E-state index contributed by atoms with van der Waals surface area (Å²) in [6, 6.07) is 20.6. The fraction of sp³-hybridized carbons (Fsp3) is 0.167. The molecule has 6 heteroatoms. The highest BCUT2D eigenvalue weighted by Crippen LogP contribution is 2.29. The first kappa shape index (κ1) is 21.4. The maximum atomic E-state index is 12.3. The van der Waals surface area contributed by atoms with E-state index < -0.39 is 0 Å². The van der Waals surface area contributed by atoms with Crippen molar-refractivity contribution < 1.29 is 14.3 Å². The van der Waals surface area contributed by atoms with Gasteiger partial charge in [0.15, 0.2) is 11.5 Å². The van der Waals surface area contributed by atoms with Crippen molar-refractivity contribution in [2.45, 2.75) is 20.5 Å². The maximum absolute atomic E-state index is 12.3. The molecule has 3 aromatic rings. The predicted molar refractivity (Wildman–Crippen MR) is 120 cm³/mol. The van der Waals surface area contributed by atoms with E-state index in [-0.39, 0.29) is 5.91 Å². The molecule has 0 bridgehead atoms. The van der Waals surface area contributed by atoms with Crippen LogP contribution in [-0.2, 0) is 6.61 Å². The number of ether oxygens (including phenoxy) is 2. The van der Waals surface area contributed by atoms with E-state index in [2.05, 4.69) is 10.5 Å². The number of halogens is 1. The largest absolute Gasteiger partial charge is 0.490 e. The molecular weight excluding hydrogens is 400 g/mol. The van der Waals surface area contributed by atoms with Gasteiger partial charge >= 0.3 is 0 Å². The molecule has 30 heavy (non-hydrogen) atoms. The van der Waals surface area contributed by atoms with Gasteiger partial charge in [0.1, 0.15) is 6.61 Å². The topological polar surface area (TPSA) is 59.9 Å². The van der Waals surface area contributed by atoms with Crippen LogP contribution in [0.2, 0.25) is 5.02 Å². The Hall–Kier alpha value is -3.31. The highest BCUT2D eigenvalue weighted by molar-refractivity contribution is 6.33. The lowest BCUT2D eigenvalue weighted by Gasteiger charge is -2.12. The summed E-state index contributed by atoms with van der Waals surface area (Å²) in [6.45, 7) is 4.77. The maximum Gasteiger partial charge on any atom is 0.272 e. The lowest BCUT2D eigenvalue weighted by atomic mass is 10.1. The molecule has 0 spiro atoms. The Kier molecular flexibility index (Phi) is 7.46. The van der Waals surface area contributed by atoms with Gasteiger partial charge in [-0.2, -0.15) is 5.10 Å². The Bertz CT molecular complexity index is 1040. The molecular formula is C24H23ClN2O3. The van der Waals surface area contributed by atoms with Crippen LogP contribution >= 0.6 is 11.6 Å². The van der Waals surface area contributed by atoms with Gasteiger partial charge in [-0.25, -0.2) is 5.43 Å². The van der Waals surface area contributed by atoms with Gasteiger partial charge in [0.2, 0.25) is 0 Å². The number of carbonyl (C=O) groups is 1. The molecule has 0 saturated carbocycles. The fourth-order valence-corrected chi connectivity index (χ4v) is 3.08. The number of benzene rings is 3. The average Bonchev–Trinajstić information content (AvgIpc) is 2.74. The monoisotopic (exact) mass is 422 g/mol. The summed E-state index contributed by atoms with van der Waals surface area (Å²) in [4.78, 5) is 12.3. The standard InChI is InChI=1S/C24H23ClN2O3/c1-3-29-23-14-19(10-12-22(23)30-16-18-7-5-4-6-8-18)15-26-27-24(28)20-11-9-17(2)13-21(20)25/h4-15H,3,16H2,1-2H3,(H,27,28). The number of hydrazone groups is 1. The zero-order valence-corrected chi connectivity index (χ0v) is 17.6. The first-order valence-corrected chi connectivity index (χ1v) is 9.97. The van der Waals surface area contributed by atoms with Crippen molar-refractivity contribution in [2.75, 3.05) is 6.61 Å². The molecule has 0 heterocycles. The van der Waals surface area contributed by atoms with Gasteiger partial charge in [0, 0.05) is 0 Å². The van der Waals surface area contributed by atoms with Gasteiger partial charge in [0.05, 0.1) is 23.4 Å². The molecule has 0 radical (unpaired) electrons. The first-order chi connectivity index (χ1) is 14.6. The fourth-order valence-electron chi connectivity index (χ4n) is 2.76. The molecule has 0 unspecified atom stereocenters. The molecule has 3 rings (SSSR count). The summed E-state index contributed by atoms with van der Waals surface area (Å²) in [5.41, 5.74) is 5.69. The average molecular weight is 423 g/mol. The third-order valence-electron chi connectivity index (χ3n) is 4.25. The quantitative estimate of drug-likeness (QED) is 0.391. The van der Waals surface area contributed by atoms with E-state index in [1.54, 1.807) is 18.3 Å². The van der Waals surface area contributed by atoms with E-state index in [1.807, 2.05) is 68.4 Å². The molecule has 3 aromatic carbocycles. The molecule has 5 nitrogen and oxygen atoms in total. The molecule has 0 aliphatic rings. The Morgan fingerprint density at radius 3 is 2.57 bits per heavy atom. The zero-order chi connectivity index (χ0) is 21.3. The van der Waals surface area contributed by atoms with Crippen molar-refractivity contribution in [1.82, 2.24) is 5.43 Å². The second-order valence-electron chi connectivity index (χ2n) is 6.60. The number of carbonyl (C=O) groups excluding carboxylic acids is 1. The highest BCUT2D eigenvalue weighted by Gasteiger charge is 2.10. The molecule has 0 saturated heterocycles. The second kappa shape index (κ2) is 10.5. The van der Waals surface area contributed by atoms with Crippen LogP contribution in [-0.4, -0.2) is 18.7 Å². The Labute approximate surface area is 181 Å². The van der Waals surface area contributed by atoms with Gasteiger partial charge < -0.3 is 9.47 Å². The summed E-state index contributed by atoms with van der Waals surface area (Å²) < 4.78 is 11.6. The smallest absolute Gasteiger partial charge is 0.272 e. The Balaban J connectivity index is 1.66. The van der Waals surface area contributed by atoms with E-state index in [0.717, 1.165) is 16.7 Å². The van der Waals surface area contributed by atoms with Crippen LogP contribution in [0.1, 0.15) is 34.0 Å². The van der Waals surface area contributed by atoms with Crippen LogP contribution in [0.3, 0.4) is 0 Å². The second-order valence-corrected chi connectivity index (χ2v) is 7.00. The van der Waals surface area contributed by atoms with E-state index in [1.165, 1.54) is 0 Å². The number of nitrogens with one attached hydrogen (secondary N) is 1. The third kappa shape index (κ3) is 5.84. The molecule has 0 aliphatic carbocycles. The van der Waals surface area contributed by atoms with Crippen molar-refractivity contribution in [3.63, 3.8) is 0 Å². The number of hydrogen-bond donors (Lipinski definition) is 1. The number of hydrogen-bond acceptors (Lipinski definition) is 4. The van der Waals surface area contributed by atoms with E-state index >= 15 is 0 Å². The van der Waals surface area contributed by atoms with Crippen molar-refractivity contribution in [3.8, 4) is 11.5 Å². The van der Waals surface area contributed by atoms with Crippen LogP contribution in [0.5, 0.6) is 11.5 Å². The number of rotatable bonds is 8. The minimum atomic E-state index is -0.371. The van der Waals surface area contributed by atoms with Crippen molar-refractivity contribution in [2.24, 2.45) is 5.10 Å². The van der Waals surface area contributed by atoms with Crippen LogP contribution < -0.4 is 14.9 Å². The first-order valence-electron chi connectivity index (χ1n) is 9.60. The van der Waals surface area contributed by atoms with Gasteiger partial charge in [-0.15, -0.1) is 0 Å². The van der Waals surface area contributed by atoms with Gasteiger partial charge in [0.25, 0.3) is 5.91 Å². The van der Waals surface area contributed by atoms with E-state index in [9.17, 15) is 4.79 Å². The lowest BCUT2D eigenvalue weighted by Crippen LogP contribution is -2.18. The van der Waals surface area contributed by atoms with Gasteiger partial charge in [-0.3, -0.25) is 4.79 Å². The molecule has 154 valence electrons.